The molecule has 120 valence electrons. The lowest BCUT2D eigenvalue weighted by Crippen LogP contribution is -2.33. The molecule has 0 bridgehead atoms. The first kappa shape index (κ1) is 15.9. The second-order valence-electron chi connectivity index (χ2n) is 5.55. The summed E-state index contributed by atoms with van der Waals surface area (Å²) in [5, 5.41) is 0.465. The lowest BCUT2D eigenvalue weighted by molar-refractivity contribution is 0.0763. The van der Waals surface area contributed by atoms with Gasteiger partial charge >= 0.3 is 0 Å². The first-order chi connectivity index (χ1) is 11.3. The van der Waals surface area contributed by atoms with Crippen LogP contribution < -0.4 is 4.74 Å². The van der Waals surface area contributed by atoms with Crippen LogP contribution in [0.1, 0.15) is 27.6 Å². The molecule has 1 aliphatic rings. The van der Waals surface area contributed by atoms with Crippen molar-refractivity contribution in [2.45, 2.75) is 11.7 Å². The zero-order chi connectivity index (χ0) is 16.1. The Morgan fingerprint density at radius 1 is 1.09 bits per heavy atom. The van der Waals surface area contributed by atoms with Crippen molar-refractivity contribution in [1.29, 1.82) is 0 Å². The van der Waals surface area contributed by atoms with E-state index < -0.39 is 0 Å². The Bertz CT molecular complexity index is 659. The summed E-state index contributed by atoms with van der Waals surface area (Å²) in [5.74, 6) is 1.67. The van der Waals surface area contributed by atoms with Gasteiger partial charge in [0.1, 0.15) is 5.75 Å². The van der Waals surface area contributed by atoms with E-state index in [9.17, 15) is 4.79 Å². The molecule has 1 atom stereocenters. The maximum atomic E-state index is 12.8. The van der Waals surface area contributed by atoms with Crippen molar-refractivity contribution in [2.75, 3.05) is 26.0 Å². The molecule has 0 aliphatic carbocycles. The van der Waals surface area contributed by atoms with Crippen LogP contribution in [0.2, 0.25) is 0 Å². The third-order valence-corrected chi connectivity index (χ3v) is 5.47. The predicted molar refractivity (Wildman–Crippen MR) is 95.2 cm³/mol. The molecule has 1 saturated heterocycles. The Balaban J connectivity index is 1.71. The minimum Gasteiger partial charge on any atom is -0.496 e. The number of nitrogens with zero attached hydrogens (tertiary/aromatic N) is 1. The van der Waals surface area contributed by atoms with Crippen molar-refractivity contribution in [3.63, 3.8) is 0 Å². The smallest absolute Gasteiger partial charge is 0.257 e. The molecule has 0 radical (unpaired) electrons. The average molecular weight is 327 g/mol. The number of methoxy groups -OCH3 is 1. The van der Waals surface area contributed by atoms with E-state index in [1.807, 2.05) is 47.0 Å². The van der Waals surface area contributed by atoms with Gasteiger partial charge in [-0.25, -0.2) is 0 Å². The zero-order valence-corrected chi connectivity index (χ0v) is 14.1. The van der Waals surface area contributed by atoms with Gasteiger partial charge in [0, 0.05) is 24.1 Å². The van der Waals surface area contributed by atoms with Crippen molar-refractivity contribution in [2.24, 2.45) is 0 Å². The van der Waals surface area contributed by atoms with Crippen molar-refractivity contribution in [3.05, 3.63) is 65.7 Å². The number of thioether (sulfide) groups is 1. The third kappa shape index (κ3) is 3.70. The summed E-state index contributed by atoms with van der Waals surface area (Å²) in [6, 6.07) is 18.0. The highest BCUT2D eigenvalue weighted by Gasteiger charge is 2.24. The Morgan fingerprint density at radius 2 is 1.83 bits per heavy atom. The van der Waals surface area contributed by atoms with Crippen LogP contribution in [-0.2, 0) is 0 Å². The fourth-order valence-electron chi connectivity index (χ4n) is 2.90. The van der Waals surface area contributed by atoms with E-state index in [0.29, 0.717) is 16.6 Å². The Hall–Kier alpha value is -1.94. The van der Waals surface area contributed by atoms with E-state index in [2.05, 4.69) is 24.3 Å². The number of para-hydroxylation sites is 1. The molecule has 2 aromatic rings. The molecule has 1 fully saturated rings. The number of hydrogen-bond acceptors (Lipinski definition) is 3. The van der Waals surface area contributed by atoms with Crippen molar-refractivity contribution < 1.29 is 9.53 Å². The molecule has 3 rings (SSSR count). The number of carbonyl (C=O) groups excluding carboxylic acids is 1. The normalized spacial score (nSPS) is 18.3. The molecule has 1 heterocycles. The highest BCUT2D eigenvalue weighted by Crippen LogP contribution is 2.34. The lowest BCUT2D eigenvalue weighted by atomic mass is 10.1. The third-order valence-electron chi connectivity index (χ3n) is 4.14. The van der Waals surface area contributed by atoms with Gasteiger partial charge in [-0.15, -0.1) is 0 Å². The van der Waals surface area contributed by atoms with Gasteiger partial charge in [-0.3, -0.25) is 4.79 Å². The molecule has 2 aromatic carbocycles. The minimum atomic E-state index is 0.0664. The minimum absolute atomic E-state index is 0.0664. The van der Waals surface area contributed by atoms with Crippen LogP contribution in [0.3, 0.4) is 0 Å². The Kier molecular flexibility index (Phi) is 5.23. The molecule has 0 spiro atoms. The van der Waals surface area contributed by atoms with Crippen LogP contribution in [-0.4, -0.2) is 36.8 Å². The molecule has 1 amide bonds. The zero-order valence-electron chi connectivity index (χ0n) is 13.3. The SMILES string of the molecule is COc1ccccc1C(=O)N1CCSC(c2ccccc2)CC1. The van der Waals surface area contributed by atoms with Gasteiger partial charge < -0.3 is 9.64 Å². The van der Waals surface area contributed by atoms with E-state index in [1.165, 1.54) is 5.56 Å². The summed E-state index contributed by atoms with van der Waals surface area (Å²) in [6.07, 6.45) is 0.982. The first-order valence-corrected chi connectivity index (χ1v) is 8.93. The summed E-state index contributed by atoms with van der Waals surface area (Å²) < 4.78 is 5.33. The van der Waals surface area contributed by atoms with E-state index in [4.69, 9.17) is 4.74 Å². The summed E-state index contributed by atoms with van der Waals surface area (Å²) in [7, 11) is 1.61. The van der Waals surface area contributed by atoms with Crippen LogP contribution >= 0.6 is 11.8 Å². The fourth-order valence-corrected chi connectivity index (χ4v) is 4.13. The molecular formula is C19H21NO2S. The molecule has 0 aromatic heterocycles. The van der Waals surface area contributed by atoms with Gasteiger partial charge in [-0.1, -0.05) is 42.5 Å². The first-order valence-electron chi connectivity index (χ1n) is 7.88. The van der Waals surface area contributed by atoms with Gasteiger partial charge in [-0.2, -0.15) is 11.8 Å². The largest absolute Gasteiger partial charge is 0.496 e. The van der Waals surface area contributed by atoms with Crippen molar-refractivity contribution in [1.82, 2.24) is 4.90 Å². The van der Waals surface area contributed by atoms with E-state index in [-0.39, 0.29) is 5.91 Å². The second-order valence-corrected chi connectivity index (χ2v) is 6.86. The maximum Gasteiger partial charge on any atom is 0.257 e. The van der Waals surface area contributed by atoms with E-state index >= 15 is 0 Å². The van der Waals surface area contributed by atoms with Crippen LogP contribution in [0, 0.1) is 0 Å². The van der Waals surface area contributed by atoms with Gasteiger partial charge in [0.05, 0.1) is 12.7 Å². The number of ether oxygens (including phenoxy) is 1. The number of benzene rings is 2. The highest BCUT2D eigenvalue weighted by atomic mass is 32.2. The molecular weight excluding hydrogens is 306 g/mol. The van der Waals surface area contributed by atoms with Gasteiger partial charge in [0.2, 0.25) is 0 Å². The number of rotatable bonds is 3. The molecule has 0 saturated carbocycles. The lowest BCUT2D eigenvalue weighted by Gasteiger charge is -2.21. The summed E-state index contributed by atoms with van der Waals surface area (Å²) in [5.41, 5.74) is 2.00. The monoisotopic (exact) mass is 327 g/mol. The number of amides is 1. The Morgan fingerprint density at radius 3 is 2.61 bits per heavy atom. The van der Waals surface area contributed by atoms with Crippen molar-refractivity contribution >= 4 is 17.7 Å². The van der Waals surface area contributed by atoms with Crippen molar-refractivity contribution in [3.8, 4) is 5.75 Å². The molecule has 0 N–H and O–H groups in total. The van der Waals surface area contributed by atoms with Crippen LogP contribution in [0.15, 0.2) is 54.6 Å². The molecule has 1 aliphatic heterocycles. The van der Waals surface area contributed by atoms with Crippen LogP contribution in [0.5, 0.6) is 5.75 Å². The second kappa shape index (κ2) is 7.55. The summed E-state index contributed by atoms with van der Waals surface area (Å²) in [6.45, 7) is 1.56. The summed E-state index contributed by atoms with van der Waals surface area (Å²) in [4.78, 5) is 14.8. The van der Waals surface area contributed by atoms with Gasteiger partial charge in [0.25, 0.3) is 5.91 Å². The van der Waals surface area contributed by atoms with Crippen LogP contribution in [0.4, 0.5) is 0 Å². The fraction of sp³-hybridized carbons (Fsp3) is 0.316. The predicted octanol–water partition coefficient (Wildman–Crippen LogP) is 4.02. The van der Waals surface area contributed by atoms with E-state index in [1.54, 1.807) is 7.11 Å². The molecule has 4 heteroatoms. The molecule has 23 heavy (non-hydrogen) atoms. The highest BCUT2D eigenvalue weighted by molar-refractivity contribution is 7.99. The standard InChI is InChI=1S/C19H21NO2S/c1-22-17-10-6-5-9-16(17)19(21)20-12-11-18(23-14-13-20)15-7-3-2-4-8-15/h2-10,18H,11-14H2,1H3. The number of carbonyl (C=O) groups is 1. The number of hydrogen-bond donors (Lipinski definition) is 0. The molecule has 3 nitrogen and oxygen atoms in total. The van der Waals surface area contributed by atoms with Gasteiger partial charge in [-0.05, 0) is 24.1 Å². The Labute approximate surface area is 141 Å². The van der Waals surface area contributed by atoms with Gasteiger partial charge in [0.15, 0.2) is 0 Å². The maximum absolute atomic E-state index is 12.8. The van der Waals surface area contributed by atoms with Crippen LogP contribution in [0.25, 0.3) is 0 Å². The summed E-state index contributed by atoms with van der Waals surface area (Å²) >= 11 is 1.94. The average Bonchev–Trinajstić information content (AvgIpc) is 2.88. The quantitative estimate of drug-likeness (QED) is 0.853. The molecule has 1 unspecified atom stereocenters. The topological polar surface area (TPSA) is 29.5 Å². The van der Waals surface area contributed by atoms with E-state index in [0.717, 1.165) is 25.3 Å².